The monoisotopic (exact) mass is 589 g/mol. The van der Waals surface area contributed by atoms with Crippen molar-refractivity contribution in [1.29, 1.82) is 0 Å². The SMILES string of the molecule is CCCCCCCC(Sc1nc(Cl)cc(Nc2cc(OCC(F)(F)F)cc(OCC(F)(F)F)c2)n1)C(=O)O. The lowest BCUT2D eigenvalue weighted by Gasteiger charge is -2.15. The standard InChI is InChI=1S/C23H26ClF6N3O4S/c1-2-3-4-5-6-7-17(20(34)35)38-21-32-18(24)11-19(33-21)31-14-8-15(36-12-22(25,26)27)10-16(9-14)37-13-23(28,29)30/h8-11,17H,2-7,12-13H2,1H3,(H,34,35)(H,31,32,33). The maximum Gasteiger partial charge on any atom is 0.422 e. The average Bonchev–Trinajstić information content (AvgIpc) is 2.79. The molecule has 0 saturated carbocycles. The molecule has 2 N–H and O–H groups in total. The van der Waals surface area contributed by atoms with Gasteiger partial charge in [0.25, 0.3) is 0 Å². The first kappa shape index (κ1) is 31.6. The topological polar surface area (TPSA) is 93.6 Å². The number of carboxylic acids is 1. The molecule has 2 aromatic rings. The highest BCUT2D eigenvalue weighted by Gasteiger charge is 2.30. The first-order chi connectivity index (χ1) is 17.7. The number of ether oxygens (including phenoxy) is 2. The van der Waals surface area contributed by atoms with Gasteiger partial charge in [0, 0.05) is 30.0 Å². The lowest BCUT2D eigenvalue weighted by molar-refractivity contribution is -0.154. The quantitative estimate of drug-likeness (QED) is 0.0719. The smallest absolute Gasteiger partial charge is 0.422 e. The largest absolute Gasteiger partial charge is 0.484 e. The highest BCUT2D eigenvalue weighted by molar-refractivity contribution is 8.00. The van der Waals surface area contributed by atoms with Crippen LogP contribution in [0, 0.1) is 0 Å². The summed E-state index contributed by atoms with van der Waals surface area (Å²) in [6.07, 6.45) is -4.30. The van der Waals surface area contributed by atoms with Crippen molar-refractivity contribution < 1.29 is 45.7 Å². The molecular weight excluding hydrogens is 564 g/mol. The van der Waals surface area contributed by atoms with E-state index in [0.29, 0.717) is 12.8 Å². The normalized spacial score (nSPS) is 12.7. The molecule has 1 heterocycles. The molecule has 1 unspecified atom stereocenters. The summed E-state index contributed by atoms with van der Waals surface area (Å²) in [5.41, 5.74) is -0.0155. The van der Waals surface area contributed by atoms with Crippen molar-refractivity contribution in [2.75, 3.05) is 18.5 Å². The molecule has 0 bridgehead atoms. The number of thioether (sulfide) groups is 1. The summed E-state index contributed by atoms with van der Waals surface area (Å²) < 4.78 is 84.8. The lowest BCUT2D eigenvalue weighted by Crippen LogP contribution is -2.20. The number of carbonyl (C=O) groups is 1. The molecule has 0 aliphatic rings. The Morgan fingerprint density at radius 1 is 0.974 bits per heavy atom. The summed E-state index contributed by atoms with van der Waals surface area (Å²) in [5.74, 6) is -1.85. The Morgan fingerprint density at radius 2 is 1.55 bits per heavy atom. The Hall–Kier alpha value is -2.61. The van der Waals surface area contributed by atoms with Gasteiger partial charge in [0.2, 0.25) is 0 Å². The van der Waals surface area contributed by atoms with Crippen LogP contribution in [0.15, 0.2) is 29.4 Å². The van der Waals surface area contributed by atoms with Gasteiger partial charge in [-0.1, -0.05) is 62.4 Å². The fraction of sp³-hybridized carbons (Fsp3) is 0.522. The zero-order valence-electron chi connectivity index (χ0n) is 20.2. The van der Waals surface area contributed by atoms with Crippen LogP contribution in [0.2, 0.25) is 5.15 Å². The van der Waals surface area contributed by atoms with Gasteiger partial charge in [-0.25, -0.2) is 9.97 Å². The first-order valence-corrected chi connectivity index (χ1v) is 12.7. The number of benzene rings is 1. The molecule has 38 heavy (non-hydrogen) atoms. The van der Waals surface area contributed by atoms with Crippen molar-refractivity contribution in [2.45, 2.75) is 68.2 Å². The van der Waals surface area contributed by atoms with Crippen LogP contribution in [0.4, 0.5) is 37.8 Å². The van der Waals surface area contributed by atoms with Gasteiger partial charge in [-0.05, 0) is 6.42 Å². The minimum Gasteiger partial charge on any atom is -0.484 e. The molecule has 1 aromatic heterocycles. The van der Waals surface area contributed by atoms with Crippen LogP contribution >= 0.6 is 23.4 Å². The van der Waals surface area contributed by atoms with Gasteiger partial charge < -0.3 is 19.9 Å². The number of rotatable bonds is 15. The molecule has 2 rings (SSSR count). The summed E-state index contributed by atoms with van der Waals surface area (Å²) in [5, 5.41) is 11.4. The Kier molecular flexibility index (Phi) is 12.1. The van der Waals surface area contributed by atoms with Crippen LogP contribution in [0.1, 0.15) is 45.4 Å². The number of anilines is 2. The molecule has 212 valence electrons. The second-order valence-corrected chi connectivity index (χ2v) is 9.69. The van der Waals surface area contributed by atoms with Gasteiger partial charge in [-0.3, -0.25) is 4.79 Å². The molecule has 0 spiro atoms. The number of carboxylic acid groups (broad SMARTS) is 1. The van der Waals surface area contributed by atoms with Crippen molar-refractivity contribution in [2.24, 2.45) is 0 Å². The first-order valence-electron chi connectivity index (χ1n) is 11.5. The van der Waals surface area contributed by atoms with Gasteiger partial charge in [0.1, 0.15) is 27.7 Å². The van der Waals surface area contributed by atoms with E-state index in [9.17, 15) is 36.2 Å². The highest BCUT2D eigenvalue weighted by Crippen LogP contribution is 2.32. The van der Waals surface area contributed by atoms with Gasteiger partial charge >= 0.3 is 18.3 Å². The molecule has 1 atom stereocenters. The molecule has 0 aliphatic carbocycles. The minimum atomic E-state index is -4.68. The third kappa shape index (κ3) is 12.8. The Balaban J connectivity index is 2.22. The minimum absolute atomic E-state index is 0.0155. The number of aliphatic carboxylic acids is 1. The van der Waals surface area contributed by atoms with Crippen LogP contribution in [-0.2, 0) is 4.79 Å². The van der Waals surface area contributed by atoms with E-state index < -0.39 is 48.3 Å². The number of nitrogens with zero attached hydrogens (tertiary/aromatic N) is 2. The summed E-state index contributed by atoms with van der Waals surface area (Å²) in [4.78, 5) is 19.9. The van der Waals surface area contributed by atoms with E-state index in [1.54, 1.807) is 0 Å². The Morgan fingerprint density at radius 3 is 2.08 bits per heavy atom. The molecule has 0 radical (unpaired) electrons. The van der Waals surface area contributed by atoms with E-state index in [1.807, 2.05) is 0 Å². The molecule has 7 nitrogen and oxygen atoms in total. The maximum absolute atomic E-state index is 12.6. The third-order valence-electron chi connectivity index (χ3n) is 4.72. The number of halogens is 7. The molecule has 0 amide bonds. The van der Waals surface area contributed by atoms with Crippen LogP contribution < -0.4 is 14.8 Å². The number of alkyl halides is 6. The number of nitrogens with one attached hydrogen (secondary N) is 1. The van der Waals surface area contributed by atoms with Crippen LogP contribution in [0.3, 0.4) is 0 Å². The maximum atomic E-state index is 12.6. The van der Waals surface area contributed by atoms with Crippen LogP contribution in [-0.4, -0.2) is 51.9 Å². The number of unbranched alkanes of at least 4 members (excludes halogenated alkanes) is 4. The second kappa shape index (κ2) is 14.5. The van der Waals surface area contributed by atoms with Crippen molar-refractivity contribution in [1.82, 2.24) is 9.97 Å². The van der Waals surface area contributed by atoms with Gasteiger partial charge in [0.15, 0.2) is 18.4 Å². The second-order valence-electron chi connectivity index (χ2n) is 8.13. The molecule has 0 aliphatic heterocycles. The summed E-state index contributed by atoms with van der Waals surface area (Å²) in [6, 6.07) is 4.34. The molecular formula is C23H26ClF6N3O4S. The Bertz CT molecular complexity index is 1020. The molecule has 1 aromatic carbocycles. The number of hydrogen-bond acceptors (Lipinski definition) is 7. The predicted octanol–water partition coefficient (Wildman–Crippen LogP) is 7.66. The van der Waals surface area contributed by atoms with Crippen molar-refractivity contribution in [3.05, 3.63) is 29.4 Å². The average molecular weight is 590 g/mol. The zero-order valence-corrected chi connectivity index (χ0v) is 21.7. The van der Waals surface area contributed by atoms with E-state index >= 15 is 0 Å². The van der Waals surface area contributed by atoms with E-state index in [0.717, 1.165) is 55.6 Å². The Labute approximate surface area is 224 Å². The summed E-state index contributed by atoms with van der Waals surface area (Å²) in [6.45, 7) is -1.28. The molecule has 0 saturated heterocycles. The van der Waals surface area contributed by atoms with Crippen LogP contribution in [0.5, 0.6) is 11.5 Å². The number of aromatic nitrogens is 2. The molecule has 0 fully saturated rings. The third-order valence-corrected chi connectivity index (χ3v) is 6.03. The van der Waals surface area contributed by atoms with Crippen LogP contribution in [0.25, 0.3) is 0 Å². The lowest BCUT2D eigenvalue weighted by atomic mass is 10.1. The van der Waals surface area contributed by atoms with E-state index in [1.165, 1.54) is 6.07 Å². The number of hydrogen-bond donors (Lipinski definition) is 2. The van der Waals surface area contributed by atoms with Crippen molar-refractivity contribution in [3.63, 3.8) is 0 Å². The fourth-order valence-electron chi connectivity index (χ4n) is 3.10. The van der Waals surface area contributed by atoms with E-state index in [4.69, 9.17) is 11.6 Å². The van der Waals surface area contributed by atoms with Gasteiger partial charge in [0.05, 0.1) is 0 Å². The van der Waals surface area contributed by atoms with Gasteiger partial charge in [-0.2, -0.15) is 26.3 Å². The predicted molar refractivity (Wildman–Crippen MR) is 131 cm³/mol. The fourth-order valence-corrected chi connectivity index (χ4v) is 4.27. The summed E-state index contributed by atoms with van der Waals surface area (Å²) in [7, 11) is 0. The summed E-state index contributed by atoms with van der Waals surface area (Å²) >= 11 is 6.93. The zero-order chi connectivity index (χ0) is 28.3. The molecule has 15 heteroatoms. The van der Waals surface area contributed by atoms with E-state index in [2.05, 4.69) is 31.7 Å². The van der Waals surface area contributed by atoms with E-state index in [-0.39, 0.29) is 21.8 Å². The van der Waals surface area contributed by atoms with Crippen molar-refractivity contribution >= 4 is 40.8 Å². The van der Waals surface area contributed by atoms with Crippen molar-refractivity contribution in [3.8, 4) is 11.5 Å². The highest BCUT2D eigenvalue weighted by atomic mass is 35.5. The van der Waals surface area contributed by atoms with Gasteiger partial charge in [-0.15, -0.1) is 0 Å².